The van der Waals surface area contributed by atoms with Gasteiger partial charge in [0.2, 0.25) is 0 Å². The number of allylic oxidation sites excluding steroid dienone is 2. The second-order valence-electron chi connectivity index (χ2n) is 2.33. The van der Waals surface area contributed by atoms with Gasteiger partial charge in [-0.3, -0.25) is 0 Å². The molecular weight excluding hydrogens is 222 g/mol. The Bertz CT molecular complexity index is 363. The van der Waals surface area contributed by atoms with Gasteiger partial charge in [0.05, 0.1) is 6.26 Å². The van der Waals surface area contributed by atoms with Gasteiger partial charge < -0.3 is 4.18 Å². The van der Waals surface area contributed by atoms with E-state index in [4.69, 9.17) is 5.26 Å². The van der Waals surface area contributed by atoms with Crippen molar-refractivity contribution in [3.63, 3.8) is 0 Å². The summed E-state index contributed by atoms with van der Waals surface area (Å²) in [4.78, 5) is 0. The first-order valence-electron chi connectivity index (χ1n) is 3.80. The van der Waals surface area contributed by atoms with E-state index in [-0.39, 0.29) is 5.76 Å². The predicted molar refractivity (Wildman–Crippen MR) is 56.6 cm³/mol. The molecule has 78 valence electrons. The summed E-state index contributed by atoms with van der Waals surface area (Å²) in [7, 11) is -3.53. The summed E-state index contributed by atoms with van der Waals surface area (Å²) in [5.41, 5.74) is 0. The van der Waals surface area contributed by atoms with Crippen molar-refractivity contribution < 1.29 is 12.6 Å². The van der Waals surface area contributed by atoms with Crippen LogP contribution in [0, 0.1) is 10.7 Å². The monoisotopic (exact) mass is 233 g/mol. The molecule has 0 aromatic heterocycles. The number of rotatable bonds is 5. The summed E-state index contributed by atoms with van der Waals surface area (Å²) >= 11 is 0.810. The number of hydrogen-bond acceptors (Lipinski definition) is 5. The summed E-state index contributed by atoms with van der Waals surface area (Å²) in [5, 5.41) is 11.4. The molecule has 0 heterocycles. The largest absolute Gasteiger partial charge is 0.382 e. The Morgan fingerprint density at radius 1 is 1.64 bits per heavy atom. The highest BCUT2D eigenvalue weighted by Crippen LogP contribution is 2.11. The van der Waals surface area contributed by atoms with E-state index in [1.165, 1.54) is 11.5 Å². The quantitative estimate of drug-likeness (QED) is 0.314. The van der Waals surface area contributed by atoms with E-state index in [1.807, 2.05) is 6.92 Å². The van der Waals surface area contributed by atoms with E-state index in [9.17, 15) is 8.42 Å². The lowest BCUT2D eigenvalue weighted by atomic mass is 10.4. The first kappa shape index (κ1) is 13.1. The third kappa shape index (κ3) is 7.71. The third-order valence-electron chi connectivity index (χ3n) is 0.993. The zero-order valence-corrected chi connectivity index (χ0v) is 9.56. The normalized spacial score (nSPS) is 12.8. The molecule has 0 unspecified atom stereocenters. The fourth-order valence-electron chi connectivity index (χ4n) is 0.580. The number of hydrogen-bond donors (Lipinski definition) is 0. The molecule has 0 fully saturated rings. The second kappa shape index (κ2) is 6.51. The lowest BCUT2D eigenvalue weighted by Gasteiger charge is -2.01. The van der Waals surface area contributed by atoms with Crippen LogP contribution in [0.1, 0.15) is 13.3 Å². The Balaban J connectivity index is 4.58. The smallest absolute Gasteiger partial charge is 0.306 e. The zero-order chi connectivity index (χ0) is 11.0. The average Bonchev–Trinajstić information content (AvgIpc) is 2.07. The molecule has 0 radical (unpaired) electrons. The van der Waals surface area contributed by atoms with E-state index in [1.54, 1.807) is 11.5 Å². The van der Waals surface area contributed by atoms with Crippen LogP contribution in [0.3, 0.4) is 0 Å². The summed E-state index contributed by atoms with van der Waals surface area (Å²) < 4.78 is 26.2. The molecule has 0 amide bonds. The van der Waals surface area contributed by atoms with Crippen molar-refractivity contribution >= 4 is 21.9 Å². The van der Waals surface area contributed by atoms with Gasteiger partial charge in [-0.1, -0.05) is 13.0 Å². The van der Waals surface area contributed by atoms with E-state index < -0.39 is 10.1 Å². The molecule has 0 saturated carbocycles. The minimum Gasteiger partial charge on any atom is -0.382 e. The first-order valence-corrected chi connectivity index (χ1v) is 6.50. The Morgan fingerprint density at radius 2 is 2.29 bits per heavy atom. The predicted octanol–water partition coefficient (Wildman–Crippen LogP) is 1.98. The first-order chi connectivity index (χ1) is 6.49. The fraction of sp³-hybridized carbons (Fsp3) is 0.375. The van der Waals surface area contributed by atoms with Crippen molar-refractivity contribution in [3.05, 3.63) is 23.3 Å². The minimum absolute atomic E-state index is 0.154. The van der Waals surface area contributed by atoms with Crippen LogP contribution in [0.25, 0.3) is 0 Å². The van der Waals surface area contributed by atoms with Crippen LogP contribution >= 0.6 is 11.8 Å². The molecule has 0 aliphatic carbocycles. The number of thiocyanates is 1. The molecule has 6 heteroatoms. The van der Waals surface area contributed by atoms with Crippen molar-refractivity contribution in [2.24, 2.45) is 0 Å². The summed E-state index contributed by atoms with van der Waals surface area (Å²) in [6, 6.07) is 0. The van der Waals surface area contributed by atoms with Crippen molar-refractivity contribution in [1.82, 2.24) is 0 Å². The minimum atomic E-state index is -3.53. The van der Waals surface area contributed by atoms with Gasteiger partial charge in [-0.2, -0.15) is 13.7 Å². The van der Waals surface area contributed by atoms with E-state index in [0.29, 0.717) is 0 Å². The highest BCUT2D eigenvalue weighted by molar-refractivity contribution is 8.06. The molecule has 0 aliphatic rings. The lowest BCUT2D eigenvalue weighted by molar-refractivity contribution is 0.426. The van der Waals surface area contributed by atoms with Crippen molar-refractivity contribution in [2.45, 2.75) is 13.3 Å². The van der Waals surface area contributed by atoms with Gasteiger partial charge in [0.1, 0.15) is 11.2 Å². The Hall–Kier alpha value is -0.930. The maximum Gasteiger partial charge on any atom is 0.306 e. The number of nitrogens with zero attached hydrogens (tertiary/aromatic N) is 1. The van der Waals surface area contributed by atoms with Crippen molar-refractivity contribution in [1.29, 1.82) is 5.26 Å². The molecule has 14 heavy (non-hydrogen) atoms. The number of thioether (sulfide) groups is 1. The maximum atomic E-state index is 10.8. The standard InChI is InChI=1S/C8H11NO3S2/c1-3-4-5-8(6-13-7-9)12-14(2,10)11/h4-6H,3H2,1-2H3. The van der Waals surface area contributed by atoms with Gasteiger partial charge in [0.25, 0.3) is 0 Å². The van der Waals surface area contributed by atoms with Gasteiger partial charge in [0, 0.05) is 5.41 Å². The molecule has 0 aromatic rings. The maximum absolute atomic E-state index is 10.8. The molecule has 0 aliphatic heterocycles. The van der Waals surface area contributed by atoms with E-state index in [2.05, 4.69) is 4.18 Å². The average molecular weight is 233 g/mol. The van der Waals surface area contributed by atoms with Gasteiger partial charge in [-0.25, -0.2) is 0 Å². The van der Waals surface area contributed by atoms with Crippen LogP contribution in [-0.2, 0) is 14.3 Å². The summed E-state index contributed by atoms with van der Waals surface area (Å²) in [5.74, 6) is 0.154. The summed E-state index contributed by atoms with van der Waals surface area (Å²) in [6.45, 7) is 1.91. The molecule has 0 bridgehead atoms. The second-order valence-corrected chi connectivity index (χ2v) is 4.56. The molecule has 0 N–H and O–H groups in total. The Labute approximate surface area is 88.4 Å². The van der Waals surface area contributed by atoms with Crippen LogP contribution in [0.15, 0.2) is 23.3 Å². The molecule has 0 spiro atoms. The molecular formula is C8H11NO3S2. The van der Waals surface area contributed by atoms with Crippen molar-refractivity contribution in [2.75, 3.05) is 6.26 Å². The van der Waals surface area contributed by atoms with Gasteiger partial charge in [0.15, 0.2) is 0 Å². The van der Waals surface area contributed by atoms with Crippen LogP contribution < -0.4 is 0 Å². The molecule has 0 aromatic carbocycles. The molecule has 0 saturated heterocycles. The molecule has 0 atom stereocenters. The van der Waals surface area contributed by atoms with Crippen LogP contribution in [0.5, 0.6) is 0 Å². The van der Waals surface area contributed by atoms with Crippen LogP contribution in [-0.4, -0.2) is 14.7 Å². The van der Waals surface area contributed by atoms with Crippen LogP contribution in [0.4, 0.5) is 0 Å². The lowest BCUT2D eigenvalue weighted by Crippen LogP contribution is -2.00. The summed E-state index contributed by atoms with van der Waals surface area (Å²) in [6.07, 6.45) is 4.99. The highest BCUT2D eigenvalue weighted by atomic mass is 32.2. The Kier molecular flexibility index (Phi) is 6.08. The topological polar surface area (TPSA) is 67.2 Å². The van der Waals surface area contributed by atoms with E-state index in [0.717, 1.165) is 24.4 Å². The van der Waals surface area contributed by atoms with Crippen LogP contribution in [0.2, 0.25) is 0 Å². The fourth-order valence-corrected chi connectivity index (χ4v) is 1.39. The molecule has 4 nitrogen and oxygen atoms in total. The zero-order valence-electron chi connectivity index (χ0n) is 7.93. The Morgan fingerprint density at radius 3 is 2.71 bits per heavy atom. The van der Waals surface area contributed by atoms with E-state index >= 15 is 0 Å². The third-order valence-corrected chi connectivity index (χ3v) is 1.94. The van der Waals surface area contributed by atoms with Gasteiger partial charge >= 0.3 is 10.1 Å². The SMILES string of the molecule is CCC=CC(=CSC#N)OS(C)(=O)=O. The number of nitriles is 1. The highest BCUT2D eigenvalue weighted by Gasteiger charge is 2.03. The van der Waals surface area contributed by atoms with Gasteiger partial charge in [-0.05, 0) is 24.3 Å². The molecule has 0 rings (SSSR count). The van der Waals surface area contributed by atoms with Crippen molar-refractivity contribution in [3.8, 4) is 5.40 Å². The van der Waals surface area contributed by atoms with Gasteiger partial charge in [-0.15, -0.1) is 0 Å².